The van der Waals surface area contributed by atoms with Gasteiger partial charge in [-0.2, -0.15) is 8.78 Å². The van der Waals surface area contributed by atoms with Crippen molar-refractivity contribution in [2.24, 2.45) is 0 Å². The highest BCUT2D eigenvalue weighted by atomic mass is 79.9. The van der Waals surface area contributed by atoms with Gasteiger partial charge in [0.25, 0.3) is 0 Å². The van der Waals surface area contributed by atoms with E-state index in [0.29, 0.717) is 16.2 Å². The third-order valence-electron chi connectivity index (χ3n) is 1.91. The number of alkyl halides is 4. The van der Waals surface area contributed by atoms with Crippen LogP contribution in [0.2, 0.25) is 0 Å². The van der Waals surface area contributed by atoms with E-state index < -0.39 is 24.1 Å². The Labute approximate surface area is 112 Å². The lowest BCUT2D eigenvalue weighted by Crippen LogP contribution is -2.29. The summed E-state index contributed by atoms with van der Waals surface area (Å²) < 4.78 is 49.9. The fourth-order valence-electron chi connectivity index (χ4n) is 1.03. The number of thioether (sulfide) groups is 1. The Kier molecular flexibility index (Phi) is 5.03. The SMILES string of the molecule is O=C(O)c1ccc(Br)cc1SCC(F)(F)C(F)F. The zero-order valence-corrected chi connectivity index (χ0v) is 11.1. The molecule has 0 atom stereocenters. The van der Waals surface area contributed by atoms with E-state index in [0.717, 1.165) is 0 Å². The van der Waals surface area contributed by atoms with Crippen molar-refractivity contribution in [2.75, 3.05) is 5.75 Å². The minimum atomic E-state index is -4.15. The minimum Gasteiger partial charge on any atom is -0.478 e. The molecule has 0 aliphatic rings. The number of aromatic carboxylic acids is 1. The maximum Gasteiger partial charge on any atom is 0.336 e. The van der Waals surface area contributed by atoms with Crippen LogP contribution in [0.25, 0.3) is 0 Å². The van der Waals surface area contributed by atoms with Crippen molar-refractivity contribution in [3.8, 4) is 0 Å². The van der Waals surface area contributed by atoms with Crippen molar-refractivity contribution in [3.63, 3.8) is 0 Å². The number of carbonyl (C=O) groups is 1. The smallest absolute Gasteiger partial charge is 0.336 e. The van der Waals surface area contributed by atoms with Crippen LogP contribution < -0.4 is 0 Å². The molecule has 1 N–H and O–H groups in total. The molecule has 0 spiro atoms. The molecule has 0 saturated carbocycles. The number of hydrogen-bond donors (Lipinski definition) is 1. The third kappa shape index (κ3) is 3.88. The fraction of sp³-hybridized carbons (Fsp3) is 0.300. The van der Waals surface area contributed by atoms with E-state index >= 15 is 0 Å². The summed E-state index contributed by atoms with van der Waals surface area (Å²) in [6, 6.07) is 3.95. The first-order chi connectivity index (χ1) is 8.24. The van der Waals surface area contributed by atoms with Gasteiger partial charge in [0.15, 0.2) is 0 Å². The van der Waals surface area contributed by atoms with E-state index in [9.17, 15) is 22.4 Å². The number of carboxylic acids is 1. The molecule has 0 saturated heterocycles. The molecular weight excluding hydrogens is 340 g/mol. The van der Waals surface area contributed by atoms with Crippen LogP contribution in [0.4, 0.5) is 17.6 Å². The van der Waals surface area contributed by atoms with Crippen molar-refractivity contribution in [1.82, 2.24) is 0 Å². The predicted molar refractivity (Wildman–Crippen MR) is 62.8 cm³/mol. The monoisotopic (exact) mass is 346 g/mol. The largest absolute Gasteiger partial charge is 0.478 e. The van der Waals surface area contributed by atoms with Gasteiger partial charge in [0.05, 0.1) is 11.3 Å². The van der Waals surface area contributed by atoms with Crippen molar-refractivity contribution in [3.05, 3.63) is 28.2 Å². The summed E-state index contributed by atoms with van der Waals surface area (Å²) in [6.45, 7) is 0. The second kappa shape index (κ2) is 5.92. The molecule has 2 nitrogen and oxygen atoms in total. The fourth-order valence-corrected chi connectivity index (χ4v) is 2.54. The van der Waals surface area contributed by atoms with Gasteiger partial charge in [-0.05, 0) is 18.2 Å². The average Bonchev–Trinajstić information content (AvgIpc) is 2.26. The molecular formula is C10H7BrF4O2S. The Bertz CT molecular complexity index is 454. The molecule has 0 aliphatic heterocycles. The first-order valence-corrected chi connectivity index (χ1v) is 6.33. The molecule has 18 heavy (non-hydrogen) atoms. The Hall–Kier alpha value is -0.760. The van der Waals surface area contributed by atoms with Gasteiger partial charge in [0.1, 0.15) is 0 Å². The highest BCUT2D eigenvalue weighted by Crippen LogP contribution is 2.33. The molecule has 100 valence electrons. The predicted octanol–water partition coefficient (Wildman–Crippen LogP) is 4.14. The van der Waals surface area contributed by atoms with Crippen LogP contribution in [0, 0.1) is 0 Å². The average molecular weight is 347 g/mol. The van der Waals surface area contributed by atoms with Crippen molar-refractivity contribution in [1.29, 1.82) is 0 Å². The molecule has 1 rings (SSSR count). The molecule has 0 heterocycles. The maximum absolute atomic E-state index is 12.7. The number of hydrogen-bond acceptors (Lipinski definition) is 2. The number of rotatable bonds is 5. The molecule has 0 unspecified atom stereocenters. The number of halogens is 5. The first-order valence-electron chi connectivity index (χ1n) is 4.55. The highest BCUT2D eigenvalue weighted by Gasteiger charge is 2.40. The van der Waals surface area contributed by atoms with Gasteiger partial charge in [0, 0.05) is 9.37 Å². The lowest BCUT2D eigenvalue weighted by molar-refractivity contribution is -0.109. The summed E-state index contributed by atoms with van der Waals surface area (Å²) in [4.78, 5) is 10.8. The van der Waals surface area contributed by atoms with Gasteiger partial charge in [-0.1, -0.05) is 15.9 Å². The highest BCUT2D eigenvalue weighted by molar-refractivity contribution is 9.10. The third-order valence-corrected chi connectivity index (χ3v) is 3.58. The first kappa shape index (κ1) is 15.3. The molecule has 8 heteroatoms. The lowest BCUT2D eigenvalue weighted by atomic mass is 10.2. The van der Waals surface area contributed by atoms with Crippen molar-refractivity contribution < 1.29 is 27.5 Å². The van der Waals surface area contributed by atoms with E-state index in [1.54, 1.807) is 0 Å². The zero-order chi connectivity index (χ0) is 13.9. The molecule has 0 radical (unpaired) electrons. The Morgan fingerprint density at radius 2 is 2.06 bits per heavy atom. The van der Waals surface area contributed by atoms with Crippen LogP contribution in [-0.4, -0.2) is 29.2 Å². The summed E-state index contributed by atoms with van der Waals surface area (Å²) in [5.41, 5.74) is -0.201. The number of benzene rings is 1. The molecule has 0 bridgehead atoms. The van der Waals surface area contributed by atoms with Crippen LogP contribution in [0.1, 0.15) is 10.4 Å². The van der Waals surface area contributed by atoms with Crippen LogP contribution in [0.5, 0.6) is 0 Å². The van der Waals surface area contributed by atoms with E-state index in [2.05, 4.69) is 15.9 Å². The summed E-state index contributed by atoms with van der Waals surface area (Å²) in [5.74, 6) is -6.63. The van der Waals surface area contributed by atoms with Gasteiger partial charge in [-0.3, -0.25) is 0 Å². The van der Waals surface area contributed by atoms with E-state index in [4.69, 9.17) is 5.11 Å². The summed E-state index contributed by atoms with van der Waals surface area (Å²) >= 11 is 3.44. The molecule has 0 amide bonds. The van der Waals surface area contributed by atoms with Gasteiger partial charge in [-0.15, -0.1) is 11.8 Å². The molecule has 0 aromatic heterocycles. The molecule has 0 aliphatic carbocycles. The van der Waals surface area contributed by atoms with Crippen LogP contribution >= 0.6 is 27.7 Å². The van der Waals surface area contributed by atoms with E-state index in [1.165, 1.54) is 18.2 Å². The standard InChI is InChI=1S/C10H7BrF4O2S/c11-5-1-2-6(8(16)17)7(3-5)18-4-10(14,15)9(12)13/h1-3,9H,4H2,(H,16,17). The molecule has 1 aromatic rings. The Morgan fingerprint density at radius 1 is 1.44 bits per heavy atom. The van der Waals surface area contributed by atoms with Crippen LogP contribution in [0.3, 0.4) is 0 Å². The van der Waals surface area contributed by atoms with Crippen molar-refractivity contribution in [2.45, 2.75) is 17.2 Å². The number of carboxylic acid groups (broad SMARTS) is 1. The van der Waals surface area contributed by atoms with Gasteiger partial charge in [0.2, 0.25) is 0 Å². The Morgan fingerprint density at radius 3 is 2.56 bits per heavy atom. The Balaban J connectivity index is 2.90. The topological polar surface area (TPSA) is 37.3 Å². The summed E-state index contributed by atoms with van der Waals surface area (Å²) in [5, 5.41) is 8.83. The minimum absolute atomic E-state index is 0.0113. The van der Waals surface area contributed by atoms with Crippen molar-refractivity contribution >= 4 is 33.7 Å². The van der Waals surface area contributed by atoms with Gasteiger partial charge < -0.3 is 5.11 Å². The van der Waals surface area contributed by atoms with E-state index in [-0.39, 0.29) is 10.5 Å². The second-order valence-corrected chi connectivity index (χ2v) is 5.23. The second-order valence-electron chi connectivity index (χ2n) is 3.30. The summed E-state index contributed by atoms with van der Waals surface area (Å²) in [7, 11) is 0. The van der Waals surface area contributed by atoms with Crippen LogP contribution in [0.15, 0.2) is 27.6 Å². The van der Waals surface area contributed by atoms with Gasteiger partial charge >= 0.3 is 18.3 Å². The zero-order valence-electron chi connectivity index (χ0n) is 8.67. The van der Waals surface area contributed by atoms with Crippen LogP contribution in [-0.2, 0) is 0 Å². The lowest BCUT2D eigenvalue weighted by Gasteiger charge is -2.15. The quantitative estimate of drug-likeness (QED) is 0.643. The van der Waals surface area contributed by atoms with Gasteiger partial charge in [-0.25, -0.2) is 13.6 Å². The normalized spacial score (nSPS) is 11.9. The molecule has 1 aromatic carbocycles. The summed E-state index contributed by atoms with van der Waals surface area (Å²) in [6.07, 6.45) is -3.77. The molecule has 0 fully saturated rings. The van der Waals surface area contributed by atoms with E-state index in [1.807, 2.05) is 0 Å². The maximum atomic E-state index is 12.7.